The lowest BCUT2D eigenvalue weighted by atomic mass is 10.1. The van der Waals surface area contributed by atoms with Crippen LogP contribution in [-0.4, -0.2) is 40.8 Å². The van der Waals surface area contributed by atoms with Gasteiger partial charge >= 0.3 is 6.09 Å². The van der Waals surface area contributed by atoms with Crippen LogP contribution in [0.2, 0.25) is 0 Å². The molecule has 0 bridgehead atoms. The fourth-order valence-corrected chi connectivity index (χ4v) is 3.71. The molecule has 7 nitrogen and oxygen atoms in total. The van der Waals surface area contributed by atoms with E-state index in [1.807, 2.05) is 26.8 Å². The Morgan fingerprint density at radius 2 is 2.03 bits per heavy atom. The van der Waals surface area contributed by atoms with Crippen molar-refractivity contribution in [3.63, 3.8) is 0 Å². The lowest BCUT2D eigenvalue weighted by Gasteiger charge is -2.17. The Balaban J connectivity index is 1.67. The van der Waals surface area contributed by atoms with Crippen LogP contribution in [0.3, 0.4) is 0 Å². The SMILES string of the molecule is CCCCOC(=O)N[C@H]1CC[C@H](Nc2cc3c(NC(C)C)nc(C(F)F)cc3cn2)C1. The highest BCUT2D eigenvalue weighted by atomic mass is 19.3. The first kappa shape index (κ1) is 23.0. The number of hydrogen-bond acceptors (Lipinski definition) is 6. The van der Waals surface area contributed by atoms with Crippen LogP contribution in [0.1, 0.15) is 65.0 Å². The van der Waals surface area contributed by atoms with Crippen molar-refractivity contribution in [2.24, 2.45) is 0 Å². The van der Waals surface area contributed by atoms with E-state index in [1.165, 1.54) is 6.07 Å². The summed E-state index contributed by atoms with van der Waals surface area (Å²) in [7, 11) is 0. The quantitative estimate of drug-likeness (QED) is 0.467. The second-order valence-electron chi connectivity index (χ2n) is 8.27. The highest BCUT2D eigenvalue weighted by molar-refractivity contribution is 5.93. The van der Waals surface area contributed by atoms with Gasteiger partial charge in [0.15, 0.2) is 0 Å². The highest BCUT2D eigenvalue weighted by Crippen LogP contribution is 2.30. The molecule has 170 valence electrons. The molecule has 1 aliphatic rings. The molecule has 9 heteroatoms. The molecule has 0 aromatic carbocycles. The molecule has 0 radical (unpaired) electrons. The third-order valence-corrected chi connectivity index (χ3v) is 5.22. The van der Waals surface area contributed by atoms with Crippen molar-refractivity contribution in [2.45, 2.75) is 77.4 Å². The largest absolute Gasteiger partial charge is 0.450 e. The number of fused-ring (bicyclic) bond motifs is 1. The van der Waals surface area contributed by atoms with Crippen molar-refractivity contribution in [2.75, 3.05) is 17.2 Å². The van der Waals surface area contributed by atoms with E-state index in [1.54, 1.807) is 6.20 Å². The number of alkyl halides is 2. The maximum Gasteiger partial charge on any atom is 0.407 e. The molecule has 2 heterocycles. The minimum Gasteiger partial charge on any atom is -0.450 e. The highest BCUT2D eigenvalue weighted by Gasteiger charge is 2.26. The molecule has 1 amide bonds. The smallest absolute Gasteiger partial charge is 0.407 e. The monoisotopic (exact) mass is 435 g/mol. The number of nitrogens with zero attached hydrogens (tertiary/aromatic N) is 2. The van der Waals surface area contributed by atoms with Crippen LogP contribution in [0, 0.1) is 0 Å². The second kappa shape index (κ2) is 10.5. The molecular formula is C22H31F2N5O2. The van der Waals surface area contributed by atoms with Gasteiger partial charge in [0.25, 0.3) is 6.43 Å². The van der Waals surface area contributed by atoms with Crippen molar-refractivity contribution in [3.05, 3.63) is 24.0 Å². The zero-order chi connectivity index (χ0) is 22.4. The fourth-order valence-electron chi connectivity index (χ4n) is 3.71. The van der Waals surface area contributed by atoms with Gasteiger partial charge in [-0.15, -0.1) is 0 Å². The van der Waals surface area contributed by atoms with Crippen molar-refractivity contribution >= 4 is 28.5 Å². The summed E-state index contributed by atoms with van der Waals surface area (Å²) in [5.41, 5.74) is -0.270. The van der Waals surface area contributed by atoms with Crippen molar-refractivity contribution in [1.82, 2.24) is 15.3 Å². The second-order valence-corrected chi connectivity index (χ2v) is 8.27. The van der Waals surface area contributed by atoms with E-state index in [9.17, 15) is 13.6 Å². The number of anilines is 2. The Morgan fingerprint density at radius 3 is 2.74 bits per heavy atom. The van der Waals surface area contributed by atoms with Gasteiger partial charge in [0.05, 0.1) is 6.61 Å². The van der Waals surface area contributed by atoms with E-state index in [0.29, 0.717) is 23.6 Å². The van der Waals surface area contributed by atoms with Crippen molar-refractivity contribution < 1.29 is 18.3 Å². The maximum absolute atomic E-state index is 13.2. The van der Waals surface area contributed by atoms with Crippen LogP contribution >= 0.6 is 0 Å². The minimum atomic E-state index is -2.65. The summed E-state index contributed by atoms with van der Waals surface area (Å²) in [6, 6.07) is 3.47. The number of carbonyl (C=O) groups excluding carboxylic acids is 1. The average molecular weight is 436 g/mol. The Bertz CT molecular complexity index is 894. The number of amides is 1. The number of hydrogen-bond donors (Lipinski definition) is 3. The zero-order valence-electron chi connectivity index (χ0n) is 18.3. The molecule has 0 spiro atoms. The van der Waals surface area contributed by atoms with Crippen LogP contribution in [-0.2, 0) is 4.74 Å². The molecule has 0 saturated heterocycles. The summed E-state index contributed by atoms with van der Waals surface area (Å²) in [6.07, 6.45) is 2.92. The number of halogens is 2. The number of aromatic nitrogens is 2. The van der Waals surface area contributed by atoms with Gasteiger partial charge in [-0.3, -0.25) is 0 Å². The molecule has 1 fully saturated rings. The Morgan fingerprint density at radius 1 is 1.26 bits per heavy atom. The number of ether oxygens (including phenoxy) is 1. The molecule has 3 N–H and O–H groups in total. The number of pyridine rings is 2. The molecule has 2 atom stereocenters. The average Bonchev–Trinajstić information content (AvgIpc) is 3.14. The number of alkyl carbamates (subject to hydrolysis) is 1. The van der Waals surface area contributed by atoms with Gasteiger partial charge in [0.1, 0.15) is 17.3 Å². The van der Waals surface area contributed by atoms with E-state index < -0.39 is 6.43 Å². The molecule has 31 heavy (non-hydrogen) atoms. The zero-order valence-corrected chi connectivity index (χ0v) is 18.3. The van der Waals surface area contributed by atoms with Crippen LogP contribution in [0.25, 0.3) is 10.8 Å². The van der Waals surface area contributed by atoms with E-state index >= 15 is 0 Å². The van der Waals surface area contributed by atoms with Gasteiger partial charge < -0.3 is 20.7 Å². The van der Waals surface area contributed by atoms with Crippen LogP contribution in [0.4, 0.5) is 25.2 Å². The Kier molecular flexibility index (Phi) is 7.81. The summed E-state index contributed by atoms with van der Waals surface area (Å²) < 4.78 is 31.6. The standard InChI is InChI=1S/C22H31F2N5O2/c1-4-5-8-31-22(30)28-16-7-6-15(10-16)27-19-11-17-14(12-25-19)9-18(20(23)24)29-21(17)26-13(2)3/h9,11-13,15-16,20H,4-8,10H2,1-3H3,(H,25,27)(H,26,29)(H,28,30)/t15-,16-/m0/s1. The number of carbonyl (C=O) groups is 1. The normalized spacial score (nSPS) is 18.5. The van der Waals surface area contributed by atoms with E-state index in [-0.39, 0.29) is 29.9 Å². The molecule has 2 aromatic heterocycles. The summed E-state index contributed by atoms with van der Waals surface area (Å²) in [5, 5.41) is 10.8. The third-order valence-electron chi connectivity index (χ3n) is 5.22. The first-order valence-electron chi connectivity index (χ1n) is 10.9. The van der Waals surface area contributed by atoms with Gasteiger partial charge in [-0.05, 0) is 51.7 Å². The summed E-state index contributed by atoms with van der Waals surface area (Å²) >= 11 is 0. The molecule has 0 unspecified atom stereocenters. The lowest BCUT2D eigenvalue weighted by Crippen LogP contribution is -2.34. The maximum atomic E-state index is 13.2. The number of nitrogens with one attached hydrogen (secondary N) is 3. The van der Waals surface area contributed by atoms with E-state index in [0.717, 1.165) is 37.5 Å². The van der Waals surface area contributed by atoms with Gasteiger partial charge in [-0.2, -0.15) is 0 Å². The fraction of sp³-hybridized carbons (Fsp3) is 0.591. The molecular weight excluding hydrogens is 404 g/mol. The minimum absolute atomic E-state index is 0.0481. The molecule has 2 aromatic rings. The molecule has 0 aliphatic heterocycles. The van der Waals surface area contributed by atoms with Gasteiger partial charge in [-0.25, -0.2) is 23.5 Å². The van der Waals surface area contributed by atoms with Crippen molar-refractivity contribution in [3.8, 4) is 0 Å². The molecule has 1 aliphatic carbocycles. The topological polar surface area (TPSA) is 88.2 Å². The third kappa shape index (κ3) is 6.38. The van der Waals surface area contributed by atoms with E-state index in [2.05, 4.69) is 25.9 Å². The summed E-state index contributed by atoms with van der Waals surface area (Å²) in [4.78, 5) is 20.4. The van der Waals surface area contributed by atoms with Gasteiger partial charge in [0, 0.05) is 35.1 Å². The Hall–Kier alpha value is -2.71. The van der Waals surface area contributed by atoms with Crippen LogP contribution in [0.15, 0.2) is 18.3 Å². The molecule has 3 rings (SSSR count). The first-order valence-corrected chi connectivity index (χ1v) is 10.9. The van der Waals surface area contributed by atoms with Crippen LogP contribution < -0.4 is 16.0 Å². The van der Waals surface area contributed by atoms with Crippen LogP contribution in [0.5, 0.6) is 0 Å². The van der Waals surface area contributed by atoms with E-state index in [4.69, 9.17) is 4.74 Å². The number of rotatable bonds is 9. The summed E-state index contributed by atoms with van der Waals surface area (Å²) in [6.45, 7) is 6.35. The van der Waals surface area contributed by atoms with Crippen molar-refractivity contribution in [1.29, 1.82) is 0 Å². The summed E-state index contributed by atoms with van der Waals surface area (Å²) in [5.74, 6) is 1.08. The first-order chi connectivity index (χ1) is 14.9. The lowest BCUT2D eigenvalue weighted by molar-refractivity contribution is 0.140. The number of unbranched alkanes of at least 4 members (excludes halogenated alkanes) is 1. The van der Waals surface area contributed by atoms with Gasteiger partial charge in [-0.1, -0.05) is 13.3 Å². The molecule has 1 saturated carbocycles. The predicted octanol–water partition coefficient (Wildman–Crippen LogP) is 5.25. The Labute approximate surface area is 181 Å². The predicted molar refractivity (Wildman–Crippen MR) is 118 cm³/mol. The van der Waals surface area contributed by atoms with Gasteiger partial charge in [0.2, 0.25) is 0 Å².